The molecule has 2 unspecified atom stereocenters. The molecular formula is C25H28FNO3. The van der Waals surface area contributed by atoms with Gasteiger partial charge in [-0.25, -0.2) is 9.18 Å². The lowest BCUT2D eigenvalue weighted by atomic mass is 9.74. The number of alkyl halides is 1. The van der Waals surface area contributed by atoms with E-state index in [-0.39, 0.29) is 18.3 Å². The van der Waals surface area contributed by atoms with E-state index in [2.05, 4.69) is 46.0 Å². The number of esters is 1. The summed E-state index contributed by atoms with van der Waals surface area (Å²) in [5, 5.41) is 0. The minimum atomic E-state index is -1.83. The summed E-state index contributed by atoms with van der Waals surface area (Å²) in [5.74, 6) is 1.18. The fourth-order valence-corrected chi connectivity index (χ4v) is 5.77. The molecule has 1 spiro atoms. The molecule has 0 N–H and O–H groups in total. The van der Waals surface area contributed by atoms with Crippen LogP contribution in [-0.2, 0) is 21.4 Å². The van der Waals surface area contributed by atoms with Crippen molar-refractivity contribution in [2.75, 3.05) is 20.2 Å². The molecule has 0 aromatic heterocycles. The molecule has 3 aliphatic rings. The van der Waals surface area contributed by atoms with Crippen molar-refractivity contribution >= 4 is 5.97 Å². The van der Waals surface area contributed by atoms with E-state index < -0.39 is 11.6 Å². The van der Waals surface area contributed by atoms with Crippen LogP contribution in [0.5, 0.6) is 11.5 Å². The number of hydrogen-bond donors (Lipinski definition) is 0. The zero-order chi connectivity index (χ0) is 20.8. The number of fused-ring (bicyclic) bond motifs is 3. The lowest BCUT2D eigenvalue weighted by Gasteiger charge is -2.39. The van der Waals surface area contributed by atoms with E-state index in [1.807, 2.05) is 12.1 Å². The Morgan fingerprint density at radius 3 is 2.53 bits per heavy atom. The molecule has 5 heteroatoms. The molecule has 2 aromatic rings. The molecule has 2 heterocycles. The van der Waals surface area contributed by atoms with Gasteiger partial charge in [-0.15, -0.1) is 0 Å². The highest BCUT2D eigenvalue weighted by Gasteiger charge is 2.49. The molecule has 0 bridgehead atoms. The summed E-state index contributed by atoms with van der Waals surface area (Å²) in [5.41, 5.74) is 0.737. The number of benzene rings is 2. The Bertz CT molecular complexity index is 953. The number of carbonyl (C=O) groups excluding carboxylic acids is 1. The van der Waals surface area contributed by atoms with Gasteiger partial charge in [-0.3, -0.25) is 0 Å². The molecule has 4 nitrogen and oxygen atoms in total. The van der Waals surface area contributed by atoms with E-state index in [1.54, 1.807) is 0 Å². The van der Waals surface area contributed by atoms with Gasteiger partial charge < -0.3 is 14.4 Å². The van der Waals surface area contributed by atoms with E-state index in [9.17, 15) is 9.18 Å². The second kappa shape index (κ2) is 7.38. The third-order valence-electron chi connectivity index (χ3n) is 7.42. The third-order valence-corrected chi connectivity index (χ3v) is 7.42. The summed E-state index contributed by atoms with van der Waals surface area (Å²) >= 11 is 0. The van der Waals surface area contributed by atoms with E-state index in [4.69, 9.17) is 4.74 Å². The first-order valence-electron chi connectivity index (χ1n) is 10.9. The topological polar surface area (TPSA) is 38.8 Å². The van der Waals surface area contributed by atoms with Crippen LogP contribution in [0.1, 0.15) is 43.2 Å². The van der Waals surface area contributed by atoms with E-state index in [0.29, 0.717) is 19.1 Å². The van der Waals surface area contributed by atoms with Gasteiger partial charge in [0, 0.05) is 43.0 Å². The number of ether oxygens (including phenoxy) is 2. The van der Waals surface area contributed by atoms with Gasteiger partial charge in [-0.1, -0.05) is 36.4 Å². The Hall–Kier alpha value is -2.40. The second-order valence-corrected chi connectivity index (χ2v) is 9.05. The number of hydrogen-bond acceptors (Lipinski definition) is 4. The van der Waals surface area contributed by atoms with E-state index >= 15 is 0 Å². The van der Waals surface area contributed by atoms with Gasteiger partial charge >= 0.3 is 5.97 Å². The van der Waals surface area contributed by atoms with Crippen molar-refractivity contribution in [2.45, 2.75) is 55.7 Å². The maximum absolute atomic E-state index is 14.9. The Morgan fingerprint density at radius 2 is 1.77 bits per heavy atom. The lowest BCUT2D eigenvalue weighted by Crippen LogP contribution is -2.50. The van der Waals surface area contributed by atoms with Crippen LogP contribution in [0.3, 0.4) is 0 Å². The predicted octanol–water partition coefficient (Wildman–Crippen LogP) is 4.80. The smallest absolute Gasteiger partial charge is 0.343 e. The summed E-state index contributed by atoms with van der Waals surface area (Å²) in [4.78, 5) is 14.2. The monoisotopic (exact) mass is 409 g/mol. The number of para-hydroxylation sites is 2. The van der Waals surface area contributed by atoms with Crippen LogP contribution in [0.4, 0.5) is 4.39 Å². The fourth-order valence-electron chi connectivity index (χ4n) is 5.77. The second-order valence-electron chi connectivity index (χ2n) is 9.05. The van der Waals surface area contributed by atoms with Gasteiger partial charge in [-0.2, -0.15) is 0 Å². The molecule has 5 rings (SSSR count). The average molecular weight is 410 g/mol. The van der Waals surface area contributed by atoms with Gasteiger partial charge in [0.25, 0.3) is 0 Å². The Balaban J connectivity index is 1.40. The number of piperidine rings is 1. The number of carbonyl (C=O) groups is 1. The molecule has 0 amide bonds. The number of likely N-dealkylation sites (tertiary alicyclic amines) is 1. The van der Waals surface area contributed by atoms with Crippen LogP contribution in [-0.4, -0.2) is 42.8 Å². The van der Waals surface area contributed by atoms with Crippen LogP contribution in [0.15, 0.2) is 48.5 Å². The molecular weight excluding hydrogens is 381 g/mol. The maximum atomic E-state index is 14.9. The molecule has 2 aromatic carbocycles. The minimum absolute atomic E-state index is 0.0282. The number of nitrogens with zero attached hydrogens (tertiary/aromatic N) is 1. The summed E-state index contributed by atoms with van der Waals surface area (Å²) in [7, 11) is 1.26. The highest BCUT2D eigenvalue weighted by atomic mass is 19.1. The highest BCUT2D eigenvalue weighted by molar-refractivity contribution is 5.79. The molecule has 1 aliphatic carbocycles. The first-order chi connectivity index (χ1) is 14.5. The van der Waals surface area contributed by atoms with Crippen LogP contribution >= 0.6 is 0 Å². The summed E-state index contributed by atoms with van der Waals surface area (Å²) in [6.07, 6.45) is 4.57. The van der Waals surface area contributed by atoms with Gasteiger partial charge in [-0.05, 0) is 43.4 Å². The van der Waals surface area contributed by atoms with Gasteiger partial charge in [0.15, 0.2) is 0 Å². The zero-order valence-electron chi connectivity index (χ0n) is 17.4. The average Bonchev–Trinajstić information content (AvgIpc) is 3.14. The number of methoxy groups -OCH3 is 1. The van der Waals surface area contributed by atoms with Crippen molar-refractivity contribution < 1.29 is 18.7 Å². The Morgan fingerprint density at radius 1 is 1.07 bits per heavy atom. The Labute approximate surface area is 177 Å². The molecule has 1 saturated heterocycles. The fraction of sp³-hybridized carbons (Fsp3) is 0.480. The standard InChI is InChI=1S/C25H28FNO3/c1-29-23(28)25(26)12-14-27(15-13-25)19-10-11-24(17-19)16-18-6-2-4-8-21(18)30-22-9-5-3-7-20(22)24/h2-9,19H,10-17H2,1H3. The molecule has 2 fully saturated rings. The van der Waals surface area contributed by atoms with Gasteiger partial charge in [0.05, 0.1) is 7.11 Å². The van der Waals surface area contributed by atoms with Crippen LogP contribution in [0.2, 0.25) is 0 Å². The van der Waals surface area contributed by atoms with Crippen LogP contribution < -0.4 is 4.74 Å². The van der Waals surface area contributed by atoms with Crippen molar-refractivity contribution in [2.24, 2.45) is 0 Å². The largest absolute Gasteiger partial charge is 0.467 e. The zero-order valence-corrected chi connectivity index (χ0v) is 17.4. The molecule has 1 saturated carbocycles. The SMILES string of the molecule is COC(=O)C1(F)CCN(C2CCC3(Cc4ccccc4Oc4ccccc43)C2)CC1. The van der Waals surface area contributed by atoms with Crippen molar-refractivity contribution in [1.82, 2.24) is 4.90 Å². The first-order valence-corrected chi connectivity index (χ1v) is 10.9. The lowest BCUT2D eigenvalue weighted by molar-refractivity contribution is -0.158. The molecule has 2 aliphatic heterocycles. The molecule has 158 valence electrons. The van der Waals surface area contributed by atoms with Gasteiger partial charge in [0.2, 0.25) is 5.67 Å². The quantitative estimate of drug-likeness (QED) is 0.668. The Kier molecular flexibility index (Phi) is 4.81. The molecule has 30 heavy (non-hydrogen) atoms. The van der Waals surface area contributed by atoms with Crippen molar-refractivity contribution in [3.63, 3.8) is 0 Å². The number of halogens is 1. The van der Waals surface area contributed by atoms with Crippen molar-refractivity contribution in [3.8, 4) is 11.5 Å². The van der Waals surface area contributed by atoms with E-state index in [1.165, 1.54) is 18.2 Å². The predicted molar refractivity (Wildman–Crippen MR) is 113 cm³/mol. The molecule has 2 atom stereocenters. The van der Waals surface area contributed by atoms with Gasteiger partial charge in [0.1, 0.15) is 11.5 Å². The maximum Gasteiger partial charge on any atom is 0.343 e. The van der Waals surface area contributed by atoms with Crippen LogP contribution in [0, 0.1) is 0 Å². The normalized spacial score (nSPS) is 27.6. The minimum Gasteiger partial charge on any atom is -0.467 e. The van der Waals surface area contributed by atoms with Crippen molar-refractivity contribution in [3.05, 3.63) is 59.7 Å². The van der Waals surface area contributed by atoms with E-state index in [0.717, 1.165) is 37.2 Å². The van der Waals surface area contributed by atoms with Crippen molar-refractivity contribution in [1.29, 1.82) is 0 Å². The summed E-state index contributed by atoms with van der Waals surface area (Å²) in [6.45, 7) is 1.20. The molecule has 0 radical (unpaired) electrons. The first kappa shape index (κ1) is 19.6. The summed E-state index contributed by atoms with van der Waals surface area (Å²) < 4.78 is 25.9. The van der Waals surface area contributed by atoms with Crippen LogP contribution in [0.25, 0.3) is 0 Å². The number of rotatable bonds is 2. The highest BCUT2D eigenvalue weighted by Crippen LogP contribution is 2.52. The third kappa shape index (κ3) is 3.20. The summed E-state index contributed by atoms with van der Waals surface area (Å²) in [6, 6.07) is 17.1.